The van der Waals surface area contributed by atoms with E-state index in [1.54, 1.807) is 42.6 Å². The molecule has 1 N–H and O–H groups in total. The number of nitrogens with zero attached hydrogens (tertiary/aromatic N) is 3. The lowest BCUT2D eigenvalue weighted by molar-refractivity contribution is 0.201. The van der Waals surface area contributed by atoms with Crippen molar-refractivity contribution in [1.82, 2.24) is 9.88 Å². The quantitative estimate of drug-likeness (QED) is 0.719. The van der Waals surface area contributed by atoms with E-state index in [0.717, 1.165) is 18.4 Å². The summed E-state index contributed by atoms with van der Waals surface area (Å²) in [5.41, 5.74) is 1.53. The summed E-state index contributed by atoms with van der Waals surface area (Å²) in [4.78, 5) is 18.5. The summed E-state index contributed by atoms with van der Waals surface area (Å²) in [7, 11) is 1.60. The molecule has 0 aliphatic heterocycles. The largest absolute Gasteiger partial charge is 0.493 e. The van der Waals surface area contributed by atoms with Crippen LogP contribution in [0.15, 0.2) is 42.7 Å². The Bertz CT molecular complexity index is 845. The highest BCUT2D eigenvalue weighted by Gasteiger charge is 2.20. The average molecular weight is 394 g/mol. The Hall–Kier alpha value is -3.27. The lowest BCUT2D eigenvalue weighted by Gasteiger charge is -2.23. The van der Waals surface area contributed by atoms with Gasteiger partial charge in [0.15, 0.2) is 11.5 Å². The number of rotatable bonds is 8. The van der Waals surface area contributed by atoms with Crippen LogP contribution in [0, 0.1) is 11.3 Å². The molecular weight excluding hydrogens is 368 g/mol. The molecule has 1 aromatic carbocycles. The summed E-state index contributed by atoms with van der Waals surface area (Å²) < 4.78 is 11.5. The SMILES string of the molecule is COc1ccc(NC(=O)N(CCC#N)Cc2cccnc2)cc1OC1CCCC1. The highest BCUT2D eigenvalue weighted by Crippen LogP contribution is 2.34. The lowest BCUT2D eigenvalue weighted by Crippen LogP contribution is -2.35. The van der Waals surface area contributed by atoms with E-state index in [1.807, 2.05) is 12.1 Å². The average Bonchev–Trinajstić information content (AvgIpc) is 3.25. The van der Waals surface area contributed by atoms with Crippen LogP contribution in [0.25, 0.3) is 0 Å². The van der Waals surface area contributed by atoms with E-state index < -0.39 is 0 Å². The number of urea groups is 1. The van der Waals surface area contributed by atoms with Crippen LogP contribution in [0.1, 0.15) is 37.7 Å². The van der Waals surface area contributed by atoms with Crippen molar-refractivity contribution >= 4 is 11.7 Å². The Balaban J connectivity index is 1.71. The molecule has 1 aromatic heterocycles. The van der Waals surface area contributed by atoms with Crippen LogP contribution in [0.3, 0.4) is 0 Å². The predicted octanol–water partition coefficient (Wildman–Crippen LogP) is 4.36. The molecule has 0 atom stereocenters. The van der Waals surface area contributed by atoms with E-state index >= 15 is 0 Å². The monoisotopic (exact) mass is 394 g/mol. The van der Waals surface area contributed by atoms with Gasteiger partial charge in [0.2, 0.25) is 0 Å². The van der Waals surface area contributed by atoms with Crippen molar-refractivity contribution in [3.63, 3.8) is 0 Å². The number of pyridine rings is 1. The Morgan fingerprint density at radius 3 is 2.83 bits per heavy atom. The van der Waals surface area contributed by atoms with E-state index in [1.165, 1.54) is 12.8 Å². The van der Waals surface area contributed by atoms with Crippen molar-refractivity contribution in [3.05, 3.63) is 48.3 Å². The minimum absolute atomic E-state index is 0.188. The van der Waals surface area contributed by atoms with Gasteiger partial charge in [-0.05, 0) is 49.4 Å². The summed E-state index contributed by atoms with van der Waals surface area (Å²) in [6, 6.07) is 10.9. The van der Waals surface area contributed by atoms with Gasteiger partial charge in [-0.3, -0.25) is 4.98 Å². The molecular formula is C22H26N4O3. The number of aromatic nitrogens is 1. The summed E-state index contributed by atoms with van der Waals surface area (Å²) in [6.45, 7) is 0.710. The van der Waals surface area contributed by atoms with Gasteiger partial charge >= 0.3 is 6.03 Å². The highest BCUT2D eigenvalue weighted by atomic mass is 16.5. The van der Waals surface area contributed by atoms with Gasteiger partial charge in [0.1, 0.15) is 0 Å². The molecule has 7 heteroatoms. The van der Waals surface area contributed by atoms with Gasteiger partial charge in [-0.2, -0.15) is 5.26 Å². The van der Waals surface area contributed by atoms with Gasteiger partial charge in [-0.1, -0.05) is 6.07 Å². The molecule has 0 spiro atoms. The lowest BCUT2D eigenvalue weighted by atomic mass is 10.2. The Morgan fingerprint density at radius 2 is 2.14 bits per heavy atom. The number of carbonyl (C=O) groups is 1. The standard InChI is InChI=1S/C22H26N4O3/c1-28-20-10-9-18(14-21(20)29-19-7-2-3-8-19)25-22(27)26(13-5-11-23)16-17-6-4-12-24-15-17/h4,6,9-10,12,14-15,19H,2-3,5,7-8,13,16H2,1H3,(H,25,27). The number of nitrogens with one attached hydrogen (secondary N) is 1. The number of ether oxygens (including phenoxy) is 2. The zero-order valence-corrected chi connectivity index (χ0v) is 16.6. The smallest absolute Gasteiger partial charge is 0.322 e. The van der Waals surface area contributed by atoms with Crippen LogP contribution in [0.2, 0.25) is 0 Å². The molecule has 1 heterocycles. The van der Waals surface area contributed by atoms with Crippen LogP contribution < -0.4 is 14.8 Å². The Morgan fingerprint density at radius 1 is 1.31 bits per heavy atom. The first kappa shape index (κ1) is 20.5. The first-order valence-electron chi connectivity index (χ1n) is 9.86. The summed E-state index contributed by atoms with van der Waals surface area (Å²) in [6.07, 6.45) is 8.26. The zero-order valence-electron chi connectivity index (χ0n) is 16.6. The summed E-state index contributed by atoms with van der Waals surface area (Å²) >= 11 is 0. The third-order valence-electron chi connectivity index (χ3n) is 4.89. The number of methoxy groups -OCH3 is 1. The number of anilines is 1. The normalized spacial score (nSPS) is 13.5. The molecule has 29 heavy (non-hydrogen) atoms. The second-order valence-corrected chi connectivity index (χ2v) is 7.01. The van der Waals surface area contributed by atoms with E-state index in [-0.39, 0.29) is 18.6 Å². The summed E-state index contributed by atoms with van der Waals surface area (Å²) in [5.74, 6) is 1.28. The van der Waals surface area contributed by atoms with Crippen molar-refractivity contribution < 1.29 is 14.3 Å². The third kappa shape index (κ3) is 5.85. The third-order valence-corrected chi connectivity index (χ3v) is 4.89. The molecule has 2 aromatic rings. The Labute approximate surface area is 171 Å². The van der Waals surface area contributed by atoms with Crippen LogP contribution in [0.5, 0.6) is 11.5 Å². The molecule has 2 amide bonds. The molecule has 1 aliphatic rings. The number of amides is 2. The van der Waals surface area contributed by atoms with Gasteiger partial charge in [0.25, 0.3) is 0 Å². The van der Waals surface area contributed by atoms with Gasteiger partial charge in [-0.15, -0.1) is 0 Å². The molecule has 0 saturated heterocycles. The maximum absolute atomic E-state index is 12.8. The van der Waals surface area contributed by atoms with Gasteiger partial charge in [0.05, 0.1) is 25.7 Å². The van der Waals surface area contributed by atoms with E-state index in [9.17, 15) is 4.79 Å². The first-order valence-corrected chi connectivity index (χ1v) is 9.86. The van der Waals surface area contributed by atoms with Crippen LogP contribution in [-0.2, 0) is 6.54 Å². The van der Waals surface area contributed by atoms with E-state index in [2.05, 4.69) is 16.4 Å². The minimum Gasteiger partial charge on any atom is -0.493 e. The van der Waals surface area contributed by atoms with Gasteiger partial charge in [-0.25, -0.2) is 4.79 Å². The van der Waals surface area contributed by atoms with Crippen LogP contribution >= 0.6 is 0 Å². The van der Waals surface area contributed by atoms with E-state index in [4.69, 9.17) is 14.7 Å². The van der Waals surface area contributed by atoms with Crippen LogP contribution in [-0.4, -0.2) is 35.7 Å². The maximum Gasteiger partial charge on any atom is 0.322 e. The minimum atomic E-state index is -0.277. The fourth-order valence-corrected chi connectivity index (χ4v) is 3.38. The highest BCUT2D eigenvalue weighted by molar-refractivity contribution is 5.89. The molecule has 0 bridgehead atoms. The van der Waals surface area contributed by atoms with Gasteiger partial charge in [0, 0.05) is 37.2 Å². The number of benzene rings is 1. The molecule has 1 saturated carbocycles. The molecule has 1 aliphatic carbocycles. The zero-order chi connectivity index (χ0) is 20.5. The molecule has 3 rings (SSSR count). The van der Waals surface area contributed by atoms with Crippen molar-refractivity contribution in [2.45, 2.75) is 44.8 Å². The van der Waals surface area contributed by atoms with Crippen LogP contribution in [0.4, 0.5) is 10.5 Å². The van der Waals surface area contributed by atoms with E-state index in [0.29, 0.717) is 30.3 Å². The maximum atomic E-state index is 12.8. The van der Waals surface area contributed by atoms with Crippen molar-refractivity contribution in [3.8, 4) is 17.6 Å². The predicted molar refractivity (Wildman–Crippen MR) is 110 cm³/mol. The number of hydrogen-bond acceptors (Lipinski definition) is 5. The Kier molecular flexibility index (Phi) is 7.28. The second kappa shape index (κ2) is 10.3. The molecule has 0 radical (unpaired) electrons. The van der Waals surface area contributed by atoms with Crippen molar-refractivity contribution in [2.24, 2.45) is 0 Å². The number of carbonyl (C=O) groups excluding carboxylic acids is 1. The second-order valence-electron chi connectivity index (χ2n) is 7.01. The van der Waals surface area contributed by atoms with Crippen molar-refractivity contribution in [1.29, 1.82) is 5.26 Å². The number of hydrogen-bond donors (Lipinski definition) is 1. The molecule has 0 unspecified atom stereocenters. The fourth-order valence-electron chi connectivity index (χ4n) is 3.38. The van der Waals surface area contributed by atoms with Gasteiger partial charge < -0.3 is 19.7 Å². The molecule has 152 valence electrons. The fraction of sp³-hybridized carbons (Fsp3) is 0.409. The summed E-state index contributed by atoms with van der Waals surface area (Å²) in [5, 5.41) is 11.8. The first-order chi connectivity index (χ1) is 14.2. The molecule has 7 nitrogen and oxygen atoms in total. The van der Waals surface area contributed by atoms with Crippen molar-refractivity contribution in [2.75, 3.05) is 19.0 Å². The molecule has 1 fully saturated rings. The number of nitriles is 1. The topological polar surface area (TPSA) is 87.5 Å².